The highest BCUT2D eigenvalue weighted by atomic mass is 32.1. The first-order valence-corrected chi connectivity index (χ1v) is 8.17. The summed E-state index contributed by atoms with van der Waals surface area (Å²) in [6, 6.07) is 0. The van der Waals surface area contributed by atoms with Crippen molar-refractivity contribution in [3.63, 3.8) is 0 Å². The van der Waals surface area contributed by atoms with Crippen molar-refractivity contribution in [2.75, 3.05) is 11.9 Å². The standard InChI is InChI=1S/C15H20N4S/c1-3-7-16-15-11-5-4-6-12(11)18-13(19-15)8-14-17-10(2)9-20-14/h9H,3-8H2,1-2H3,(H,16,18,19). The number of nitrogens with zero attached hydrogens (tertiary/aromatic N) is 3. The number of hydrogen-bond donors (Lipinski definition) is 1. The molecule has 2 aromatic rings. The minimum absolute atomic E-state index is 0.743. The number of nitrogens with one attached hydrogen (secondary N) is 1. The fourth-order valence-electron chi connectivity index (χ4n) is 2.57. The van der Waals surface area contributed by atoms with Crippen LogP contribution in [-0.2, 0) is 19.3 Å². The zero-order valence-corrected chi connectivity index (χ0v) is 12.9. The Morgan fingerprint density at radius 3 is 2.90 bits per heavy atom. The van der Waals surface area contributed by atoms with Gasteiger partial charge in [0.2, 0.25) is 0 Å². The molecule has 0 spiro atoms. The third-order valence-corrected chi connectivity index (χ3v) is 4.46. The van der Waals surface area contributed by atoms with Crippen LogP contribution < -0.4 is 5.32 Å². The van der Waals surface area contributed by atoms with Crippen LogP contribution in [0.1, 0.15) is 47.5 Å². The van der Waals surface area contributed by atoms with Crippen molar-refractivity contribution in [3.05, 3.63) is 33.2 Å². The second-order valence-electron chi connectivity index (χ2n) is 5.25. The molecule has 0 bridgehead atoms. The van der Waals surface area contributed by atoms with Gasteiger partial charge in [0, 0.05) is 28.9 Å². The molecule has 1 aliphatic carbocycles. The zero-order valence-electron chi connectivity index (χ0n) is 12.1. The van der Waals surface area contributed by atoms with Gasteiger partial charge in [0.25, 0.3) is 0 Å². The summed E-state index contributed by atoms with van der Waals surface area (Å²) in [6.45, 7) is 5.17. The first-order valence-electron chi connectivity index (χ1n) is 7.30. The van der Waals surface area contributed by atoms with Crippen molar-refractivity contribution < 1.29 is 0 Å². The fourth-order valence-corrected chi connectivity index (χ4v) is 3.34. The van der Waals surface area contributed by atoms with E-state index in [1.54, 1.807) is 11.3 Å². The van der Waals surface area contributed by atoms with E-state index in [0.29, 0.717) is 0 Å². The van der Waals surface area contributed by atoms with Gasteiger partial charge in [0.1, 0.15) is 16.6 Å². The number of aromatic nitrogens is 3. The molecule has 3 rings (SSSR count). The molecule has 0 radical (unpaired) electrons. The molecule has 0 atom stereocenters. The SMILES string of the molecule is CCCNc1nc(Cc2nc(C)cs2)nc2c1CCC2. The molecule has 0 aliphatic heterocycles. The van der Waals surface area contributed by atoms with E-state index < -0.39 is 0 Å². The van der Waals surface area contributed by atoms with Gasteiger partial charge in [-0.25, -0.2) is 15.0 Å². The molecule has 0 saturated carbocycles. The van der Waals surface area contributed by atoms with Crippen LogP contribution in [0.15, 0.2) is 5.38 Å². The highest BCUT2D eigenvalue weighted by Gasteiger charge is 2.19. The van der Waals surface area contributed by atoms with E-state index in [2.05, 4.69) is 22.6 Å². The molecule has 0 saturated heterocycles. The first kappa shape index (κ1) is 13.5. The molecule has 1 N–H and O–H groups in total. The monoisotopic (exact) mass is 288 g/mol. The van der Waals surface area contributed by atoms with Crippen molar-refractivity contribution in [3.8, 4) is 0 Å². The maximum atomic E-state index is 4.74. The van der Waals surface area contributed by atoms with E-state index in [0.717, 1.165) is 54.6 Å². The van der Waals surface area contributed by atoms with Crippen molar-refractivity contribution in [1.82, 2.24) is 15.0 Å². The summed E-state index contributed by atoms with van der Waals surface area (Å²) in [5.74, 6) is 1.95. The molecular weight excluding hydrogens is 268 g/mol. The van der Waals surface area contributed by atoms with Gasteiger partial charge in [-0.05, 0) is 32.6 Å². The van der Waals surface area contributed by atoms with Gasteiger partial charge in [-0.3, -0.25) is 0 Å². The predicted molar refractivity (Wildman–Crippen MR) is 82.5 cm³/mol. The summed E-state index contributed by atoms with van der Waals surface area (Å²) < 4.78 is 0. The first-order chi connectivity index (χ1) is 9.76. The molecule has 20 heavy (non-hydrogen) atoms. The second kappa shape index (κ2) is 5.87. The molecule has 4 nitrogen and oxygen atoms in total. The van der Waals surface area contributed by atoms with Gasteiger partial charge < -0.3 is 5.32 Å². The molecule has 5 heteroatoms. The fraction of sp³-hybridized carbons (Fsp3) is 0.533. The van der Waals surface area contributed by atoms with E-state index in [-0.39, 0.29) is 0 Å². The Balaban J connectivity index is 1.87. The van der Waals surface area contributed by atoms with Crippen LogP contribution in [0.4, 0.5) is 5.82 Å². The summed E-state index contributed by atoms with van der Waals surface area (Å²) in [7, 11) is 0. The lowest BCUT2D eigenvalue weighted by atomic mass is 10.2. The van der Waals surface area contributed by atoms with Gasteiger partial charge in [-0.15, -0.1) is 11.3 Å². The lowest BCUT2D eigenvalue weighted by Crippen LogP contribution is -2.10. The quantitative estimate of drug-likeness (QED) is 0.918. The third kappa shape index (κ3) is 2.82. The third-order valence-electron chi connectivity index (χ3n) is 3.50. The molecule has 2 aromatic heterocycles. The van der Waals surface area contributed by atoms with E-state index in [1.807, 2.05) is 6.92 Å². The Morgan fingerprint density at radius 1 is 1.25 bits per heavy atom. The zero-order chi connectivity index (χ0) is 13.9. The van der Waals surface area contributed by atoms with Crippen molar-refractivity contribution >= 4 is 17.2 Å². The number of hydrogen-bond acceptors (Lipinski definition) is 5. The molecule has 106 valence electrons. The van der Waals surface area contributed by atoms with Crippen LogP contribution in [0, 0.1) is 6.92 Å². The summed E-state index contributed by atoms with van der Waals surface area (Å²) >= 11 is 1.69. The van der Waals surface area contributed by atoms with Gasteiger partial charge in [-0.2, -0.15) is 0 Å². The molecule has 0 amide bonds. The Kier molecular flexibility index (Phi) is 3.96. The highest BCUT2D eigenvalue weighted by Crippen LogP contribution is 2.27. The predicted octanol–water partition coefficient (Wildman–Crippen LogP) is 3.14. The number of rotatable bonds is 5. The van der Waals surface area contributed by atoms with Gasteiger partial charge >= 0.3 is 0 Å². The topological polar surface area (TPSA) is 50.7 Å². The Morgan fingerprint density at radius 2 is 2.15 bits per heavy atom. The van der Waals surface area contributed by atoms with E-state index in [4.69, 9.17) is 9.97 Å². The molecule has 0 unspecified atom stereocenters. The minimum Gasteiger partial charge on any atom is -0.370 e. The Bertz CT molecular complexity index is 606. The van der Waals surface area contributed by atoms with Gasteiger partial charge in [0.15, 0.2) is 0 Å². The molecule has 0 aromatic carbocycles. The van der Waals surface area contributed by atoms with Crippen LogP contribution in [0.2, 0.25) is 0 Å². The Labute approximate surface area is 123 Å². The minimum atomic E-state index is 0.743. The van der Waals surface area contributed by atoms with Crippen LogP contribution in [0.5, 0.6) is 0 Å². The smallest absolute Gasteiger partial charge is 0.137 e. The number of anilines is 1. The van der Waals surface area contributed by atoms with Crippen molar-refractivity contribution in [1.29, 1.82) is 0 Å². The largest absolute Gasteiger partial charge is 0.370 e. The molecule has 2 heterocycles. The summed E-state index contributed by atoms with van der Waals surface area (Å²) in [6.07, 6.45) is 5.25. The maximum Gasteiger partial charge on any atom is 0.137 e. The van der Waals surface area contributed by atoms with Crippen molar-refractivity contribution in [2.45, 2.75) is 46.0 Å². The average molecular weight is 288 g/mol. The Hall–Kier alpha value is -1.49. The second-order valence-corrected chi connectivity index (χ2v) is 6.20. The van der Waals surface area contributed by atoms with Gasteiger partial charge in [0.05, 0.1) is 6.42 Å². The van der Waals surface area contributed by atoms with Crippen LogP contribution in [0.3, 0.4) is 0 Å². The maximum absolute atomic E-state index is 4.74. The molecular formula is C15H20N4S. The lowest BCUT2D eigenvalue weighted by molar-refractivity contribution is 0.881. The van der Waals surface area contributed by atoms with E-state index >= 15 is 0 Å². The lowest BCUT2D eigenvalue weighted by Gasteiger charge is -2.11. The molecule has 1 aliphatic rings. The summed E-state index contributed by atoms with van der Waals surface area (Å²) in [5.41, 5.74) is 3.65. The van der Waals surface area contributed by atoms with Gasteiger partial charge in [-0.1, -0.05) is 6.92 Å². The molecule has 0 fully saturated rings. The summed E-state index contributed by atoms with van der Waals surface area (Å²) in [4.78, 5) is 14.0. The van der Waals surface area contributed by atoms with Crippen molar-refractivity contribution in [2.24, 2.45) is 0 Å². The normalized spacial score (nSPS) is 13.5. The number of thiazole rings is 1. The highest BCUT2D eigenvalue weighted by molar-refractivity contribution is 7.09. The average Bonchev–Trinajstić information content (AvgIpc) is 3.05. The van der Waals surface area contributed by atoms with Crippen LogP contribution in [-0.4, -0.2) is 21.5 Å². The van der Waals surface area contributed by atoms with Crippen LogP contribution in [0.25, 0.3) is 0 Å². The summed E-state index contributed by atoms with van der Waals surface area (Å²) in [5, 5.41) is 6.64. The van der Waals surface area contributed by atoms with Crippen LogP contribution >= 0.6 is 11.3 Å². The van der Waals surface area contributed by atoms with E-state index in [9.17, 15) is 0 Å². The number of fused-ring (bicyclic) bond motifs is 1. The number of aryl methyl sites for hydroxylation is 2. The van der Waals surface area contributed by atoms with E-state index in [1.165, 1.54) is 17.7 Å².